The number of alkyl halides is 3. The molecule has 0 spiro atoms. The molecule has 2 aromatic carbocycles. The monoisotopic (exact) mass is 394 g/mol. The van der Waals surface area contributed by atoms with Crippen molar-refractivity contribution < 1.29 is 32.3 Å². The van der Waals surface area contributed by atoms with E-state index < -0.39 is 30.6 Å². The van der Waals surface area contributed by atoms with Crippen LogP contribution < -0.4 is 10.6 Å². The van der Waals surface area contributed by atoms with Gasteiger partial charge in [-0.1, -0.05) is 12.1 Å². The molecule has 0 saturated heterocycles. The number of amides is 2. The van der Waals surface area contributed by atoms with Crippen LogP contribution in [-0.4, -0.2) is 30.6 Å². The van der Waals surface area contributed by atoms with E-state index >= 15 is 0 Å². The Bertz CT molecular complexity index is 893. The van der Waals surface area contributed by atoms with Crippen LogP contribution in [0.4, 0.5) is 24.5 Å². The largest absolute Gasteiger partial charge is 0.471 e. The van der Waals surface area contributed by atoms with Crippen molar-refractivity contribution in [3.05, 3.63) is 59.2 Å². The highest BCUT2D eigenvalue weighted by Gasteiger charge is 2.38. The van der Waals surface area contributed by atoms with E-state index in [-0.39, 0.29) is 11.3 Å². The minimum Gasteiger partial charge on any atom is -0.452 e. The highest BCUT2D eigenvalue weighted by molar-refractivity contribution is 5.97. The third kappa shape index (κ3) is 5.83. The second kappa shape index (κ2) is 8.55. The fourth-order valence-electron chi connectivity index (χ4n) is 2.16. The molecular formula is C19H17F3N2O4. The van der Waals surface area contributed by atoms with Crippen molar-refractivity contribution >= 4 is 29.2 Å². The van der Waals surface area contributed by atoms with Gasteiger partial charge in [0.2, 0.25) is 0 Å². The molecule has 0 heterocycles. The first-order valence-corrected chi connectivity index (χ1v) is 8.09. The van der Waals surface area contributed by atoms with Crippen molar-refractivity contribution in [3.8, 4) is 0 Å². The van der Waals surface area contributed by atoms with Crippen molar-refractivity contribution in [2.24, 2.45) is 0 Å². The van der Waals surface area contributed by atoms with Crippen molar-refractivity contribution in [3.63, 3.8) is 0 Å². The molecule has 2 rings (SSSR count). The van der Waals surface area contributed by atoms with Gasteiger partial charge in [-0.2, -0.15) is 13.2 Å². The topological polar surface area (TPSA) is 84.5 Å². The second-order valence-electron chi connectivity index (χ2n) is 5.97. The molecule has 148 valence electrons. The number of anilines is 2. The van der Waals surface area contributed by atoms with Gasteiger partial charge < -0.3 is 15.4 Å². The van der Waals surface area contributed by atoms with Gasteiger partial charge in [-0.25, -0.2) is 4.79 Å². The maximum Gasteiger partial charge on any atom is 0.471 e. The lowest BCUT2D eigenvalue weighted by Crippen LogP contribution is -2.29. The molecule has 0 aliphatic rings. The fourth-order valence-corrected chi connectivity index (χ4v) is 2.16. The maximum absolute atomic E-state index is 12.2. The molecule has 0 aliphatic carbocycles. The zero-order valence-electron chi connectivity index (χ0n) is 15.0. The summed E-state index contributed by atoms with van der Waals surface area (Å²) in [6, 6.07) is 10.1. The van der Waals surface area contributed by atoms with Gasteiger partial charge in [0, 0.05) is 11.4 Å². The number of hydrogen-bond acceptors (Lipinski definition) is 4. The maximum atomic E-state index is 12.2. The summed E-state index contributed by atoms with van der Waals surface area (Å²) in [5.41, 5.74) is 2.29. The molecule has 6 nitrogen and oxygen atoms in total. The van der Waals surface area contributed by atoms with Crippen LogP contribution >= 0.6 is 0 Å². The normalized spacial score (nSPS) is 10.9. The van der Waals surface area contributed by atoms with Crippen molar-refractivity contribution in [1.29, 1.82) is 0 Å². The Morgan fingerprint density at radius 3 is 2.21 bits per heavy atom. The highest BCUT2D eigenvalue weighted by atomic mass is 19.4. The summed E-state index contributed by atoms with van der Waals surface area (Å²) >= 11 is 0. The van der Waals surface area contributed by atoms with Crippen LogP contribution in [-0.2, 0) is 14.3 Å². The van der Waals surface area contributed by atoms with Gasteiger partial charge in [0.25, 0.3) is 5.91 Å². The SMILES string of the molecule is Cc1ccc(C)c(NC(=O)COC(=O)c2ccc(NC(=O)C(F)(F)F)cc2)c1. The number of nitrogens with one attached hydrogen (secondary N) is 2. The number of halogens is 3. The van der Waals surface area contributed by atoms with Crippen molar-refractivity contribution in [2.45, 2.75) is 20.0 Å². The van der Waals surface area contributed by atoms with Crippen LogP contribution in [0.3, 0.4) is 0 Å². The van der Waals surface area contributed by atoms with Gasteiger partial charge in [-0.15, -0.1) is 0 Å². The Balaban J connectivity index is 1.89. The number of benzene rings is 2. The van der Waals surface area contributed by atoms with Gasteiger partial charge in [0.15, 0.2) is 6.61 Å². The average Bonchev–Trinajstić information content (AvgIpc) is 2.62. The number of carbonyl (C=O) groups is 3. The van der Waals surface area contributed by atoms with Crippen LogP contribution in [0.5, 0.6) is 0 Å². The molecule has 0 radical (unpaired) electrons. The summed E-state index contributed by atoms with van der Waals surface area (Å²) in [7, 11) is 0. The molecule has 0 atom stereocenters. The number of ether oxygens (including phenoxy) is 1. The standard InChI is InChI=1S/C19H17F3N2O4/c1-11-3-4-12(2)15(9-11)24-16(25)10-28-17(26)13-5-7-14(8-6-13)23-18(27)19(20,21)22/h3-9H,10H2,1-2H3,(H,23,27)(H,24,25). The van der Waals surface area contributed by atoms with E-state index in [1.165, 1.54) is 12.1 Å². The molecule has 0 aromatic heterocycles. The van der Waals surface area contributed by atoms with E-state index in [0.717, 1.165) is 23.3 Å². The van der Waals surface area contributed by atoms with Gasteiger partial charge >= 0.3 is 18.1 Å². The summed E-state index contributed by atoms with van der Waals surface area (Å²) in [5.74, 6) is -3.48. The summed E-state index contributed by atoms with van der Waals surface area (Å²) in [4.78, 5) is 34.7. The van der Waals surface area contributed by atoms with E-state index in [0.29, 0.717) is 5.69 Å². The molecule has 0 fully saturated rings. The molecule has 2 aromatic rings. The highest BCUT2D eigenvalue weighted by Crippen LogP contribution is 2.19. The first kappa shape index (κ1) is 20.9. The van der Waals surface area contributed by atoms with E-state index in [1.54, 1.807) is 11.4 Å². The predicted molar refractivity (Wildman–Crippen MR) is 96.0 cm³/mol. The Morgan fingerprint density at radius 2 is 1.61 bits per heavy atom. The van der Waals surface area contributed by atoms with E-state index in [1.807, 2.05) is 26.0 Å². The van der Waals surface area contributed by atoms with Crippen LogP contribution in [0.2, 0.25) is 0 Å². The van der Waals surface area contributed by atoms with E-state index in [9.17, 15) is 27.6 Å². The number of carbonyl (C=O) groups excluding carboxylic acids is 3. The Hall–Kier alpha value is -3.36. The predicted octanol–water partition coefficient (Wildman–Crippen LogP) is 3.60. The summed E-state index contributed by atoms with van der Waals surface area (Å²) in [5, 5.41) is 4.29. The number of hydrogen-bond donors (Lipinski definition) is 2. The lowest BCUT2D eigenvalue weighted by Gasteiger charge is -2.10. The smallest absolute Gasteiger partial charge is 0.452 e. The molecule has 0 unspecified atom stereocenters. The lowest BCUT2D eigenvalue weighted by atomic mass is 10.1. The van der Waals surface area contributed by atoms with Gasteiger partial charge in [0.1, 0.15) is 0 Å². The third-order valence-corrected chi connectivity index (χ3v) is 3.64. The number of aryl methyl sites for hydroxylation is 2. The molecule has 0 aliphatic heterocycles. The minimum absolute atomic E-state index is 0.0181. The molecule has 2 amide bonds. The first-order valence-electron chi connectivity index (χ1n) is 8.09. The van der Waals surface area contributed by atoms with E-state index in [2.05, 4.69) is 5.32 Å². The zero-order chi connectivity index (χ0) is 20.9. The summed E-state index contributed by atoms with van der Waals surface area (Å²) < 4.78 is 41.5. The van der Waals surface area contributed by atoms with E-state index in [4.69, 9.17) is 4.74 Å². The zero-order valence-corrected chi connectivity index (χ0v) is 15.0. The van der Waals surface area contributed by atoms with Crippen LogP contribution in [0.1, 0.15) is 21.5 Å². The second-order valence-corrected chi connectivity index (χ2v) is 5.97. The third-order valence-electron chi connectivity index (χ3n) is 3.64. The molecule has 0 bridgehead atoms. The van der Waals surface area contributed by atoms with Gasteiger partial charge in [-0.3, -0.25) is 9.59 Å². The quantitative estimate of drug-likeness (QED) is 0.759. The molecular weight excluding hydrogens is 377 g/mol. The van der Waals surface area contributed by atoms with Gasteiger partial charge in [-0.05, 0) is 55.3 Å². The van der Waals surface area contributed by atoms with Crippen molar-refractivity contribution in [1.82, 2.24) is 0 Å². The molecule has 28 heavy (non-hydrogen) atoms. The molecule has 0 saturated carbocycles. The Labute approximate surface area is 158 Å². The van der Waals surface area contributed by atoms with Crippen LogP contribution in [0.15, 0.2) is 42.5 Å². The Morgan fingerprint density at radius 1 is 0.964 bits per heavy atom. The fraction of sp³-hybridized carbons (Fsp3) is 0.211. The summed E-state index contributed by atoms with van der Waals surface area (Å²) in [6.45, 7) is 3.16. The molecule has 9 heteroatoms. The first-order chi connectivity index (χ1) is 13.1. The van der Waals surface area contributed by atoms with Crippen LogP contribution in [0.25, 0.3) is 0 Å². The average molecular weight is 394 g/mol. The minimum atomic E-state index is -5.01. The number of esters is 1. The van der Waals surface area contributed by atoms with Crippen molar-refractivity contribution in [2.75, 3.05) is 17.2 Å². The summed E-state index contributed by atoms with van der Waals surface area (Å²) in [6.07, 6.45) is -5.01. The lowest BCUT2D eigenvalue weighted by molar-refractivity contribution is -0.167. The Kier molecular flexibility index (Phi) is 6.40. The number of rotatable bonds is 5. The van der Waals surface area contributed by atoms with Gasteiger partial charge in [0.05, 0.1) is 5.56 Å². The van der Waals surface area contributed by atoms with Crippen LogP contribution in [0, 0.1) is 13.8 Å². The molecule has 2 N–H and O–H groups in total.